The SMILES string of the molecule is CCOc1ccc(S(F)(F)(F)(F)F)cc1CNC1CCCNC1c1ccccc1. The van der Waals surface area contributed by atoms with Gasteiger partial charge in [-0.1, -0.05) is 49.8 Å². The summed E-state index contributed by atoms with van der Waals surface area (Å²) in [5, 5.41) is 6.67. The highest BCUT2D eigenvalue weighted by atomic mass is 32.5. The fourth-order valence-corrected chi connectivity index (χ4v) is 4.28. The van der Waals surface area contributed by atoms with E-state index >= 15 is 0 Å². The number of halogens is 5. The molecule has 0 amide bonds. The van der Waals surface area contributed by atoms with E-state index < -0.39 is 15.1 Å². The van der Waals surface area contributed by atoms with E-state index in [0.29, 0.717) is 12.1 Å². The quantitative estimate of drug-likeness (QED) is 0.498. The Morgan fingerprint density at radius 2 is 1.79 bits per heavy atom. The molecule has 1 aliphatic heterocycles. The molecular formula is C20H25F5N2OS. The van der Waals surface area contributed by atoms with Crippen molar-refractivity contribution in [1.82, 2.24) is 10.6 Å². The Morgan fingerprint density at radius 1 is 1.07 bits per heavy atom. The molecule has 2 unspecified atom stereocenters. The molecule has 9 heteroatoms. The van der Waals surface area contributed by atoms with Crippen LogP contribution in [-0.2, 0) is 6.54 Å². The molecule has 2 atom stereocenters. The van der Waals surface area contributed by atoms with Crippen LogP contribution in [0.5, 0.6) is 5.75 Å². The van der Waals surface area contributed by atoms with Crippen LogP contribution in [0.25, 0.3) is 0 Å². The van der Waals surface area contributed by atoms with Crippen LogP contribution in [-0.4, -0.2) is 19.2 Å². The van der Waals surface area contributed by atoms with Crippen molar-refractivity contribution in [2.45, 2.75) is 43.3 Å². The van der Waals surface area contributed by atoms with Crippen molar-refractivity contribution in [1.29, 1.82) is 0 Å². The van der Waals surface area contributed by atoms with Gasteiger partial charge in [0.25, 0.3) is 0 Å². The lowest BCUT2D eigenvalue weighted by Gasteiger charge is -2.41. The number of hydrogen-bond acceptors (Lipinski definition) is 3. The second-order valence-electron chi connectivity index (χ2n) is 7.14. The van der Waals surface area contributed by atoms with E-state index in [1.165, 1.54) is 0 Å². The molecule has 0 radical (unpaired) electrons. The van der Waals surface area contributed by atoms with Gasteiger partial charge in [0.1, 0.15) is 10.6 Å². The Labute approximate surface area is 167 Å². The average molecular weight is 436 g/mol. The summed E-state index contributed by atoms with van der Waals surface area (Å²) in [6.45, 7) is 2.74. The topological polar surface area (TPSA) is 33.3 Å². The summed E-state index contributed by atoms with van der Waals surface area (Å²) in [5.74, 6) is 0.172. The second-order valence-corrected chi connectivity index (χ2v) is 9.55. The molecule has 0 spiro atoms. The van der Waals surface area contributed by atoms with Gasteiger partial charge in [0, 0.05) is 24.2 Å². The first kappa shape index (κ1) is 21.9. The highest BCUT2D eigenvalue weighted by Crippen LogP contribution is 3.02. The van der Waals surface area contributed by atoms with E-state index in [-0.39, 0.29) is 36.5 Å². The largest absolute Gasteiger partial charge is 0.494 e. The maximum absolute atomic E-state index is 13.3. The van der Waals surface area contributed by atoms with Crippen molar-refractivity contribution in [2.24, 2.45) is 0 Å². The fraction of sp³-hybridized carbons (Fsp3) is 0.400. The Bertz CT molecular complexity index is 846. The molecular weight excluding hydrogens is 411 g/mol. The van der Waals surface area contributed by atoms with Gasteiger partial charge in [-0.2, -0.15) is 0 Å². The van der Waals surface area contributed by atoms with Gasteiger partial charge in [-0.25, -0.2) is 0 Å². The highest BCUT2D eigenvalue weighted by Gasteiger charge is 2.65. The molecule has 29 heavy (non-hydrogen) atoms. The molecule has 0 bridgehead atoms. The Balaban J connectivity index is 1.84. The molecule has 2 N–H and O–H groups in total. The summed E-state index contributed by atoms with van der Waals surface area (Å²) in [6, 6.07) is 11.5. The van der Waals surface area contributed by atoms with Crippen LogP contribution >= 0.6 is 10.2 Å². The average Bonchev–Trinajstić information content (AvgIpc) is 2.66. The van der Waals surface area contributed by atoms with Gasteiger partial charge in [-0.15, -0.1) is 0 Å². The summed E-state index contributed by atoms with van der Waals surface area (Å²) in [6.07, 6.45) is 1.72. The third-order valence-corrected chi connectivity index (χ3v) is 6.09. The van der Waals surface area contributed by atoms with E-state index in [9.17, 15) is 19.4 Å². The first-order valence-electron chi connectivity index (χ1n) is 9.49. The van der Waals surface area contributed by atoms with E-state index in [0.717, 1.165) is 31.0 Å². The second kappa shape index (κ2) is 7.45. The van der Waals surface area contributed by atoms with Gasteiger partial charge in [-0.3, -0.25) is 0 Å². The number of piperidine rings is 1. The normalized spacial score (nSPS) is 22.6. The van der Waals surface area contributed by atoms with Gasteiger partial charge in [0.2, 0.25) is 0 Å². The van der Waals surface area contributed by atoms with Crippen molar-refractivity contribution in [2.75, 3.05) is 13.2 Å². The van der Waals surface area contributed by atoms with Crippen LogP contribution in [0.15, 0.2) is 53.4 Å². The number of benzene rings is 2. The van der Waals surface area contributed by atoms with Gasteiger partial charge >= 0.3 is 10.2 Å². The van der Waals surface area contributed by atoms with E-state index in [2.05, 4.69) is 10.6 Å². The summed E-state index contributed by atoms with van der Waals surface area (Å²) in [7, 11) is -9.76. The molecule has 3 rings (SSSR count). The standard InChI is InChI=1S/C20H25F5N2OS/c1-2-28-19-11-10-17(29(21,22,23,24)25)13-16(19)14-27-18-9-6-12-26-20(18)15-7-4-3-5-8-15/h3-5,7-8,10-11,13,18,20,26-27H,2,6,9,12,14H2,1H3. The van der Waals surface area contributed by atoms with Crippen molar-refractivity contribution < 1.29 is 24.2 Å². The van der Waals surface area contributed by atoms with Gasteiger partial charge in [0.15, 0.2) is 0 Å². The van der Waals surface area contributed by atoms with Crippen molar-refractivity contribution in [3.05, 3.63) is 59.7 Å². The zero-order valence-electron chi connectivity index (χ0n) is 16.0. The van der Waals surface area contributed by atoms with Crippen molar-refractivity contribution >= 4 is 10.2 Å². The van der Waals surface area contributed by atoms with Crippen LogP contribution in [0.1, 0.15) is 36.9 Å². The molecule has 1 fully saturated rings. The van der Waals surface area contributed by atoms with Crippen molar-refractivity contribution in [3.63, 3.8) is 0 Å². The molecule has 2 aromatic rings. The first-order valence-corrected chi connectivity index (χ1v) is 11.4. The van der Waals surface area contributed by atoms with Crippen LogP contribution in [0, 0.1) is 0 Å². The van der Waals surface area contributed by atoms with Gasteiger partial charge < -0.3 is 15.4 Å². The minimum absolute atomic E-state index is 0.00725. The zero-order valence-corrected chi connectivity index (χ0v) is 16.8. The number of rotatable bonds is 7. The fourth-order valence-electron chi connectivity index (χ4n) is 3.59. The summed E-state index contributed by atoms with van der Waals surface area (Å²) >= 11 is 0. The van der Waals surface area contributed by atoms with Crippen molar-refractivity contribution in [3.8, 4) is 5.75 Å². The maximum atomic E-state index is 13.3. The Hall–Kier alpha value is -1.84. The molecule has 3 nitrogen and oxygen atoms in total. The van der Waals surface area contributed by atoms with Crippen LogP contribution in [0.2, 0.25) is 0 Å². The molecule has 162 valence electrons. The first-order chi connectivity index (χ1) is 13.5. The molecule has 2 aromatic carbocycles. The van der Waals surface area contributed by atoms with E-state index in [1.807, 2.05) is 30.3 Å². The summed E-state index contributed by atoms with van der Waals surface area (Å²) < 4.78 is 71.6. The lowest BCUT2D eigenvalue weighted by molar-refractivity contribution is 0.299. The van der Waals surface area contributed by atoms with Gasteiger partial charge in [0.05, 0.1) is 6.61 Å². The van der Waals surface area contributed by atoms with Crippen LogP contribution < -0.4 is 15.4 Å². The molecule has 1 heterocycles. The van der Waals surface area contributed by atoms with E-state index in [1.54, 1.807) is 6.92 Å². The lowest BCUT2D eigenvalue weighted by atomic mass is 9.92. The third-order valence-electron chi connectivity index (χ3n) is 4.95. The Morgan fingerprint density at radius 3 is 2.45 bits per heavy atom. The smallest absolute Gasteiger partial charge is 0.310 e. The number of nitrogens with one attached hydrogen (secondary N) is 2. The minimum atomic E-state index is -9.76. The predicted molar refractivity (Wildman–Crippen MR) is 106 cm³/mol. The van der Waals surface area contributed by atoms with Crippen LogP contribution in [0.4, 0.5) is 19.4 Å². The molecule has 0 saturated carbocycles. The number of ether oxygens (including phenoxy) is 1. The zero-order chi connectivity index (χ0) is 21.2. The van der Waals surface area contributed by atoms with Gasteiger partial charge in [-0.05, 0) is 50.1 Å². The summed E-state index contributed by atoms with van der Waals surface area (Å²) in [5.41, 5.74) is 1.13. The molecule has 0 aliphatic carbocycles. The predicted octanol–water partition coefficient (Wildman–Crippen LogP) is 6.33. The van der Waals surface area contributed by atoms with E-state index in [4.69, 9.17) is 4.74 Å². The van der Waals surface area contributed by atoms with Crippen LogP contribution in [0.3, 0.4) is 0 Å². The number of hydrogen-bond donors (Lipinski definition) is 2. The minimum Gasteiger partial charge on any atom is -0.494 e. The molecule has 1 saturated heterocycles. The Kier molecular flexibility index (Phi) is 5.61. The third kappa shape index (κ3) is 5.61. The molecule has 0 aromatic heterocycles. The molecule has 1 aliphatic rings. The monoisotopic (exact) mass is 436 g/mol. The maximum Gasteiger partial charge on any atom is 0.310 e. The highest BCUT2D eigenvalue weighted by molar-refractivity contribution is 8.45. The summed E-state index contributed by atoms with van der Waals surface area (Å²) in [4.78, 5) is -1.90. The lowest BCUT2D eigenvalue weighted by Crippen LogP contribution is -2.45.